The molecule has 0 aromatic heterocycles. The molecule has 0 bridgehead atoms. The Hall–Kier alpha value is -2.82. The number of hydrogen-bond donors (Lipinski definition) is 2. The number of benzene rings is 2. The number of fused-ring (bicyclic) bond motifs is 1. The van der Waals surface area contributed by atoms with Gasteiger partial charge in [0.25, 0.3) is 0 Å². The van der Waals surface area contributed by atoms with Crippen LogP contribution < -0.4 is 15.5 Å². The molecule has 23 heavy (non-hydrogen) atoms. The number of aryl methyl sites for hydroxylation is 1. The van der Waals surface area contributed by atoms with Crippen LogP contribution in [0.3, 0.4) is 0 Å². The molecule has 2 amide bonds. The first-order valence-electron chi connectivity index (χ1n) is 7.69. The molecule has 118 valence electrons. The predicted molar refractivity (Wildman–Crippen MR) is 91.7 cm³/mol. The van der Waals surface area contributed by atoms with Gasteiger partial charge in [0.15, 0.2) is 0 Å². The monoisotopic (exact) mass is 309 g/mol. The number of carbonyl (C=O) groups is 2. The molecule has 0 unspecified atom stereocenters. The second kappa shape index (κ2) is 6.52. The third-order valence-corrected chi connectivity index (χ3v) is 3.87. The first-order chi connectivity index (χ1) is 11.2. The highest BCUT2D eigenvalue weighted by Crippen LogP contribution is 2.28. The topological polar surface area (TPSA) is 61.4 Å². The maximum absolute atomic E-state index is 12.3. The SMILES string of the molecule is CCc1ccc(NC(=O)CN2C(=O)CNc3ccccc32)cc1. The van der Waals surface area contributed by atoms with Crippen LogP contribution in [0.5, 0.6) is 0 Å². The fraction of sp³-hybridized carbons (Fsp3) is 0.222. The number of hydrogen-bond acceptors (Lipinski definition) is 3. The quantitative estimate of drug-likeness (QED) is 0.913. The Balaban J connectivity index is 1.71. The molecule has 2 aromatic carbocycles. The molecule has 0 saturated carbocycles. The second-order valence-electron chi connectivity index (χ2n) is 5.45. The van der Waals surface area contributed by atoms with Crippen LogP contribution in [0.4, 0.5) is 17.1 Å². The zero-order valence-corrected chi connectivity index (χ0v) is 13.0. The van der Waals surface area contributed by atoms with Gasteiger partial charge in [0, 0.05) is 5.69 Å². The van der Waals surface area contributed by atoms with Gasteiger partial charge in [0.2, 0.25) is 11.8 Å². The predicted octanol–water partition coefficient (Wildman–Crippen LogP) is 2.65. The van der Waals surface area contributed by atoms with E-state index in [0.717, 1.165) is 23.5 Å². The molecule has 0 spiro atoms. The summed E-state index contributed by atoms with van der Waals surface area (Å²) in [5.74, 6) is -0.320. The molecule has 5 heteroatoms. The van der Waals surface area contributed by atoms with Crippen molar-refractivity contribution in [3.63, 3.8) is 0 Å². The Morgan fingerprint density at radius 1 is 1.17 bits per heavy atom. The van der Waals surface area contributed by atoms with Gasteiger partial charge in [-0.3, -0.25) is 14.5 Å². The van der Waals surface area contributed by atoms with E-state index in [1.165, 1.54) is 10.5 Å². The fourth-order valence-electron chi connectivity index (χ4n) is 2.60. The lowest BCUT2D eigenvalue weighted by Crippen LogP contribution is -2.44. The van der Waals surface area contributed by atoms with E-state index in [4.69, 9.17) is 0 Å². The molecule has 1 aliphatic rings. The molecule has 1 heterocycles. The largest absolute Gasteiger partial charge is 0.374 e. The molecule has 1 aliphatic heterocycles. The first-order valence-corrected chi connectivity index (χ1v) is 7.69. The summed E-state index contributed by atoms with van der Waals surface area (Å²) in [6, 6.07) is 15.2. The van der Waals surface area contributed by atoms with Crippen molar-refractivity contribution < 1.29 is 9.59 Å². The summed E-state index contributed by atoms with van der Waals surface area (Å²) >= 11 is 0. The van der Waals surface area contributed by atoms with Crippen molar-refractivity contribution in [3.8, 4) is 0 Å². The smallest absolute Gasteiger partial charge is 0.246 e. The van der Waals surface area contributed by atoms with Crippen molar-refractivity contribution in [1.29, 1.82) is 0 Å². The molecule has 3 rings (SSSR count). The molecule has 0 saturated heterocycles. The van der Waals surface area contributed by atoms with E-state index >= 15 is 0 Å². The lowest BCUT2D eigenvalue weighted by molar-refractivity contribution is -0.120. The van der Waals surface area contributed by atoms with E-state index in [2.05, 4.69) is 17.6 Å². The average Bonchev–Trinajstić information content (AvgIpc) is 2.58. The van der Waals surface area contributed by atoms with Crippen molar-refractivity contribution in [2.45, 2.75) is 13.3 Å². The molecule has 0 radical (unpaired) electrons. The normalized spacial score (nSPS) is 13.3. The van der Waals surface area contributed by atoms with Crippen LogP contribution in [-0.4, -0.2) is 24.9 Å². The Bertz CT molecular complexity index is 725. The van der Waals surface area contributed by atoms with Crippen molar-refractivity contribution in [3.05, 3.63) is 54.1 Å². The highest BCUT2D eigenvalue weighted by Gasteiger charge is 2.25. The van der Waals surface area contributed by atoms with Gasteiger partial charge < -0.3 is 10.6 Å². The maximum atomic E-state index is 12.3. The lowest BCUT2D eigenvalue weighted by atomic mass is 10.1. The summed E-state index contributed by atoms with van der Waals surface area (Å²) in [5.41, 5.74) is 3.56. The van der Waals surface area contributed by atoms with Gasteiger partial charge in [-0.2, -0.15) is 0 Å². The standard InChI is InChI=1S/C18H19N3O2/c1-2-13-7-9-14(10-8-13)20-17(22)12-21-16-6-4-3-5-15(16)19-11-18(21)23/h3-10,19H,2,11-12H2,1H3,(H,20,22). The summed E-state index contributed by atoms with van der Waals surface area (Å²) in [6.45, 7) is 2.30. The van der Waals surface area contributed by atoms with E-state index in [0.29, 0.717) is 0 Å². The number of amides is 2. The number of nitrogens with one attached hydrogen (secondary N) is 2. The van der Waals surface area contributed by atoms with Crippen molar-refractivity contribution in [2.24, 2.45) is 0 Å². The van der Waals surface area contributed by atoms with Crippen molar-refractivity contribution in [2.75, 3.05) is 28.6 Å². The molecule has 0 aliphatic carbocycles. The highest BCUT2D eigenvalue weighted by molar-refractivity contribution is 6.07. The lowest BCUT2D eigenvalue weighted by Gasteiger charge is -2.29. The minimum absolute atomic E-state index is 0.00700. The van der Waals surface area contributed by atoms with Crippen LogP contribution in [0, 0.1) is 0 Å². The van der Waals surface area contributed by atoms with E-state index in [-0.39, 0.29) is 24.9 Å². The van der Waals surface area contributed by atoms with E-state index in [9.17, 15) is 9.59 Å². The number of carbonyl (C=O) groups excluding carboxylic acids is 2. The average molecular weight is 309 g/mol. The zero-order chi connectivity index (χ0) is 16.2. The zero-order valence-electron chi connectivity index (χ0n) is 13.0. The first kappa shape index (κ1) is 15.1. The minimum atomic E-state index is -0.209. The van der Waals surface area contributed by atoms with Crippen LogP contribution in [0.2, 0.25) is 0 Å². The van der Waals surface area contributed by atoms with E-state index in [1.54, 1.807) is 0 Å². The van der Waals surface area contributed by atoms with Gasteiger partial charge in [0.05, 0.1) is 17.9 Å². The third-order valence-electron chi connectivity index (χ3n) is 3.87. The van der Waals surface area contributed by atoms with Gasteiger partial charge in [-0.05, 0) is 36.2 Å². The Morgan fingerprint density at radius 3 is 2.65 bits per heavy atom. The molecule has 0 atom stereocenters. The van der Waals surface area contributed by atoms with Crippen LogP contribution in [-0.2, 0) is 16.0 Å². The summed E-state index contributed by atoms with van der Waals surface area (Å²) < 4.78 is 0. The van der Waals surface area contributed by atoms with Gasteiger partial charge in [-0.25, -0.2) is 0 Å². The molecular weight excluding hydrogens is 290 g/mol. The van der Waals surface area contributed by atoms with Crippen LogP contribution in [0.1, 0.15) is 12.5 Å². The number of rotatable bonds is 4. The van der Waals surface area contributed by atoms with Crippen molar-refractivity contribution >= 4 is 28.9 Å². The molecule has 2 N–H and O–H groups in total. The minimum Gasteiger partial charge on any atom is -0.374 e. The fourth-order valence-corrected chi connectivity index (χ4v) is 2.60. The Labute approximate surface area is 135 Å². The van der Waals surface area contributed by atoms with Gasteiger partial charge in [-0.1, -0.05) is 31.2 Å². The van der Waals surface area contributed by atoms with E-state index < -0.39 is 0 Å². The number of para-hydroxylation sites is 2. The van der Waals surface area contributed by atoms with Crippen LogP contribution in [0.15, 0.2) is 48.5 Å². The number of anilines is 3. The summed E-state index contributed by atoms with van der Waals surface area (Å²) in [7, 11) is 0. The second-order valence-corrected chi connectivity index (χ2v) is 5.45. The number of nitrogens with zero attached hydrogens (tertiary/aromatic N) is 1. The Kier molecular flexibility index (Phi) is 4.28. The van der Waals surface area contributed by atoms with Gasteiger partial charge >= 0.3 is 0 Å². The van der Waals surface area contributed by atoms with Gasteiger partial charge in [0.1, 0.15) is 6.54 Å². The molecule has 5 nitrogen and oxygen atoms in total. The molecular formula is C18H19N3O2. The molecule has 2 aromatic rings. The Morgan fingerprint density at radius 2 is 1.91 bits per heavy atom. The van der Waals surface area contributed by atoms with Crippen LogP contribution >= 0.6 is 0 Å². The van der Waals surface area contributed by atoms with Crippen molar-refractivity contribution in [1.82, 2.24) is 0 Å². The van der Waals surface area contributed by atoms with E-state index in [1.807, 2.05) is 48.5 Å². The third kappa shape index (κ3) is 3.34. The van der Waals surface area contributed by atoms with Gasteiger partial charge in [-0.15, -0.1) is 0 Å². The maximum Gasteiger partial charge on any atom is 0.246 e. The summed E-state index contributed by atoms with van der Waals surface area (Å²) in [6.07, 6.45) is 0.959. The molecule has 0 fully saturated rings. The summed E-state index contributed by atoms with van der Waals surface area (Å²) in [4.78, 5) is 25.9. The van der Waals surface area contributed by atoms with Crippen LogP contribution in [0.25, 0.3) is 0 Å². The highest BCUT2D eigenvalue weighted by atomic mass is 16.2. The summed E-state index contributed by atoms with van der Waals surface area (Å²) in [5, 5.41) is 5.89.